The first-order valence-corrected chi connectivity index (χ1v) is 6.73. The van der Waals surface area contributed by atoms with Crippen LogP contribution in [-0.2, 0) is 0 Å². The molecule has 1 aliphatic rings. The Labute approximate surface area is 113 Å². The summed E-state index contributed by atoms with van der Waals surface area (Å²) < 4.78 is 0. The lowest BCUT2D eigenvalue weighted by Crippen LogP contribution is -2.35. The van der Waals surface area contributed by atoms with Crippen molar-refractivity contribution in [2.45, 2.75) is 25.7 Å². The number of nitrogens with zero attached hydrogens (tertiary/aromatic N) is 3. The second-order valence-electron chi connectivity index (χ2n) is 4.98. The Morgan fingerprint density at radius 2 is 2.00 bits per heavy atom. The van der Waals surface area contributed by atoms with Gasteiger partial charge in [-0.2, -0.15) is 0 Å². The Balaban J connectivity index is 1.88. The van der Waals surface area contributed by atoms with Crippen molar-refractivity contribution < 1.29 is 5.11 Å². The van der Waals surface area contributed by atoms with Crippen molar-refractivity contribution in [2.75, 3.05) is 24.6 Å². The molecule has 1 aromatic rings. The van der Waals surface area contributed by atoms with Gasteiger partial charge in [-0.05, 0) is 31.6 Å². The lowest BCUT2D eigenvalue weighted by Gasteiger charge is -2.31. The number of nitrogens with one attached hydrogen (secondary N) is 1. The largest absolute Gasteiger partial charge is 0.396 e. The summed E-state index contributed by atoms with van der Waals surface area (Å²) >= 11 is 0. The summed E-state index contributed by atoms with van der Waals surface area (Å²) in [7, 11) is 0. The van der Waals surface area contributed by atoms with Gasteiger partial charge < -0.3 is 15.7 Å². The molecule has 0 aliphatic carbocycles. The van der Waals surface area contributed by atoms with Gasteiger partial charge in [-0.3, -0.25) is 5.41 Å². The number of piperidine rings is 1. The van der Waals surface area contributed by atoms with Gasteiger partial charge in [0.1, 0.15) is 5.84 Å². The van der Waals surface area contributed by atoms with Gasteiger partial charge in [-0.1, -0.05) is 0 Å². The fourth-order valence-corrected chi connectivity index (χ4v) is 2.43. The molecule has 0 spiro atoms. The lowest BCUT2D eigenvalue weighted by atomic mass is 9.92. The first-order valence-electron chi connectivity index (χ1n) is 6.73. The normalized spacial score (nSPS) is 16.6. The van der Waals surface area contributed by atoms with E-state index < -0.39 is 0 Å². The Hall–Kier alpha value is -1.69. The SMILES string of the molecule is N=C(N)c1cnc(N2CCC(CCCO)CC2)nc1. The van der Waals surface area contributed by atoms with Crippen molar-refractivity contribution in [2.24, 2.45) is 11.7 Å². The minimum absolute atomic E-state index is 0.00531. The zero-order chi connectivity index (χ0) is 13.7. The van der Waals surface area contributed by atoms with E-state index in [9.17, 15) is 0 Å². The number of nitrogens with two attached hydrogens (primary N) is 1. The fraction of sp³-hybridized carbons (Fsp3) is 0.615. The minimum atomic E-state index is -0.00531. The number of rotatable bonds is 5. The van der Waals surface area contributed by atoms with E-state index in [1.165, 1.54) is 0 Å². The summed E-state index contributed by atoms with van der Waals surface area (Å²) in [6.45, 7) is 2.20. The Morgan fingerprint density at radius 1 is 1.37 bits per heavy atom. The van der Waals surface area contributed by atoms with E-state index >= 15 is 0 Å². The van der Waals surface area contributed by atoms with E-state index in [-0.39, 0.29) is 12.4 Å². The summed E-state index contributed by atoms with van der Waals surface area (Å²) in [5.74, 6) is 1.42. The summed E-state index contributed by atoms with van der Waals surface area (Å²) in [5, 5.41) is 16.1. The lowest BCUT2D eigenvalue weighted by molar-refractivity contribution is 0.261. The first-order chi connectivity index (χ1) is 9.20. The number of aromatic nitrogens is 2. The molecule has 19 heavy (non-hydrogen) atoms. The van der Waals surface area contributed by atoms with Gasteiger partial charge in [0, 0.05) is 32.1 Å². The van der Waals surface area contributed by atoms with Gasteiger partial charge in [0.2, 0.25) is 5.95 Å². The second-order valence-corrected chi connectivity index (χ2v) is 4.98. The molecular formula is C13H21N5O. The monoisotopic (exact) mass is 263 g/mol. The van der Waals surface area contributed by atoms with Crippen LogP contribution < -0.4 is 10.6 Å². The number of aliphatic hydroxyl groups excluding tert-OH is 1. The fourth-order valence-electron chi connectivity index (χ4n) is 2.43. The molecule has 0 radical (unpaired) electrons. The zero-order valence-corrected chi connectivity index (χ0v) is 11.0. The Bertz CT molecular complexity index is 412. The van der Waals surface area contributed by atoms with Gasteiger partial charge in [-0.25, -0.2) is 9.97 Å². The molecule has 1 fully saturated rings. The van der Waals surface area contributed by atoms with Crippen LogP contribution >= 0.6 is 0 Å². The molecule has 0 saturated carbocycles. The van der Waals surface area contributed by atoms with Crippen molar-refractivity contribution in [3.05, 3.63) is 18.0 Å². The third-order valence-electron chi connectivity index (χ3n) is 3.62. The summed E-state index contributed by atoms with van der Waals surface area (Å²) in [6.07, 6.45) is 7.45. The summed E-state index contributed by atoms with van der Waals surface area (Å²) in [4.78, 5) is 10.7. The average molecular weight is 263 g/mol. The highest BCUT2D eigenvalue weighted by molar-refractivity contribution is 5.94. The van der Waals surface area contributed by atoms with Crippen LogP contribution in [0.3, 0.4) is 0 Å². The number of nitrogen functional groups attached to an aromatic ring is 1. The molecule has 0 bridgehead atoms. The molecule has 104 valence electrons. The van der Waals surface area contributed by atoms with Crippen LogP contribution in [0.5, 0.6) is 0 Å². The Morgan fingerprint density at radius 3 is 2.53 bits per heavy atom. The maximum Gasteiger partial charge on any atom is 0.225 e. The van der Waals surface area contributed by atoms with Gasteiger partial charge in [-0.15, -0.1) is 0 Å². The van der Waals surface area contributed by atoms with Gasteiger partial charge in [0.15, 0.2) is 0 Å². The van der Waals surface area contributed by atoms with Crippen LogP contribution in [-0.4, -0.2) is 40.6 Å². The average Bonchev–Trinajstić information content (AvgIpc) is 2.46. The molecule has 1 saturated heterocycles. The van der Waals surface area contributed by atoms with E-state index in [0.29, 0.717) is 17.4 Å². The molecule has 0 unspecified atom stereocenters. The molecule has 6 heteroatoms. The van der Waals surface area contributed by atoms with Crippen LogP contribution in [0, 0.1) is 11.3 Å². The smallest absolute Gasteiger partial charge is 0.225 e. The molecule has 2 rings (SSSR count). The van der Waals surface area contributed by atoms with Crippen LogP contribution in [0.1, 0.15) is 31.2 Å². The molecule has 0 amide bonds. The standard InChI is InChI=1S/C13H21N5O/c14-12(15)11-8-16-13(17-9-11)18-5-3-10(4-6-18)2-1-7-19/h8-10,19H,1-7H2,(H3,14,15). The molecule has 4 N–H and O–H groups in total. The van der Waals surface area contributed by atoms with E-state index in [1.807, 2.05) is 0 Å². The quantitative estimate of drug-likeness (QED) is 0.538. The van der Waals surface area contributed by atoms with Gasteiger partial charge in [0.25, 0.3) is 0 Å². The highest BCUT2D eigenvalue weighted by Crippen LogP contribution is 2.23. The van der Waals surface area contributed by atoms with Crippen molar-refractivity contribution >= 4 is 11.8 Å². The van der Waals surface area contributed by atoms with Crippen LogP contribution in [0.25, 0.3) is 0 Å². The number of amidine groups is 1. The molecular weight excluding hydrogens is 242 g/mol. The first kappa shape index (κ1) is 13.7. The number of anilines is 1. The highest BCUT2D eigenvalue weighted by Gasteiger charge is 2.20. The van der Waals surface area contributed by atoms with E-state index in [4.69, 9.17) is 16.2 Å². The second kappa shape index (κ2) is 6.47. The van der Waals surface area contributed by atoms with Crippen molar-refractivity contribution in [3.63, 3.8) is 0 Å². The van der Waals surface area contributed by atoms with Crippen LogP contribution in [0.2, 0.25) is 0 Å². The van der Waals surface area contributed by atoms with Crippen molar-refractivity contribution in [1.29, 1.82) is 5.41 Å². The van der Waals surface area contributed by atoms with E-state index in [1.54, 1.807) is 12.4 Å². The number of hydrogen-bond acceptors (Lipinski definition) is 5. The molecule has 0 aromatic carbocycles. The van der Waals surface area contributed by atoms with Crippen molar-refractivity contribution in [1.82, 2.24) is 9.97 Å². The van der Waals surface area contributed by atoms with E-state index in [0.717, 1.165) is 38.8 Å². The maximum absolute atomic E-state index is 8.84. The maximum atomic E-state index is 8.84. The van der Waals surface area contributed by atoms with Gasteiger partial charge in [0.05, 0.1) is 5.56 Å². The molecule has 6 nitrogen and oxygen atoms in total. The number of aliphatic hydroxyl groups is 1. The van der Waals surface area contributed by atoms with Crippen molar-refractivity contribution in [3.8, 4) is 0 Å². The zero-order valence-electron chi connectivity index (χ0n) is 11.0. The molecule has 1 aromatic heterocycles. The highest BCUT2D eigenvalue weighted by atomic mass is 16.2. The molecule has 2 heterocycles. The van der Waals surface area contributed by atoms with Crippen LogP contribution in [0.15, 0.2) is 12.4 Å². The molecule has 0 atom stereocenters. The van der Waals surface area contributed by atoms with E-state index in [2.05, 4.69) is 14.9 Å². The third-order valence-corrected chi connectivity index (χ3v) is 3.62. The number of hydrogen-bond donors (Lipinski definition) is 3. The Kier molecular flexibility index (Phi) is 4.68. The molecule has 1 aliphatic heterocycles. The summed E-state index contributed by atoms with van der Waals surface area (Å²) in [6, 6.07) is 0. The predicted octanol–water partition coefficient (Wildman–Crippen LogP) is 0.750. The third kappa shape index (κ3) is 3.64. The van der Waals surface area contributed by atoms with Gasteiger partial charge >= 0.3 is 0 Å². The summed E-state index contributed by atoms with van der Waals surface area (Å²) in [5.41, 5.74) is 5.93. The minimum Gasteiger partial charge on any atom is -0.396 e. The van der Waals surface area contributed by atoms with Crippen LogP contribution in [0.4, 0.5) is 5.95 Å². The topological polar surface area (TPSA) is 99.1 Å². The predicted molar refractivity (Wildman–Crippen MR) is 74.3 cm³/mol.